The van der Waals surface area contributed by atoms with Gasteiger partial charge in [0.15, 0.2) is 0 Å². The van der Waals surface area contributed by atoms with Crippen molar-refractivity contribution in [1.29, 1.82) is 0 Å². The van der Waals surface area contributed by atoms with Crippen molar-refractivity contribution in [3.8, 4) is 0 Å². The summed E-state index contributed by atoms with van der Waals surface area (Å²) in [4.78, 5) is 11.4. The van der Waals surface area contributed by atoms with Gasteiger partial charge in [-0.3, -0.25) is 9.89 Å². The fraction of sp³-hybridized carbons (Fsp3) is 0.500. The fourth-order valence-electron chi connectivity index (χ4n) is 0.993. The number of amides is 1. The Morgan fingerprint density at radius 2 is 2.57 bits per heavy atom. The van der Waals surface area contributed by atoms with Crippen LogP contribution in [0.5, 0.6) is 0 Å². The largest absolute Gasteiger partial charge is 0.394 e. The van der Waals surface area contributed by atoms with Crippen LogP contribution >= 0.6 is 0 Å². The predicted molar refractivity (Wildman–Crippen MR) is 51.6 cm³/mol. The van der Waals surface area contributed by atoms with Crippen molar-refractivity contribution < 1.29 is 9.90 Å². The van der Waals surface area contributed by atoms with Crippen molar-refractivity contribution >= 4 is 11.7 Å². The van der Waals surface area contributed by atoms with Crippen molar-refractivity contribution in [3.63, 3.8) is 0 Å². The summed E-state index contributed by atoms with van der Waals surface area (Å²) in [6.45, 7) is 1.80. The average molecular weight is 198 g/mol. The zero-order valence-electron chi connectivity index (χ0n) is 7.95. The van der Waals surface area contributed by atoms with E-state index in [1.165, 1.54) is 6.07 Å². The average Bonchev–Trinajstić information content (AvgIpc) is 2.61. The molecule has 0 aliphatic carbocycles. The molecule has 0 aromatic carbocycles. The van der Waals surface area contributed by atoms with Crippen LogP contribution in [0, 0.1) is 0 Å². The molecule has 0 saturated carbocycles. The zero-order chi connectivity index (χ0) is 10.6. The van der Waals surface area contributed by atoms with E-state index >= 15 is 0 Å². The number of aliphatic hydroxyl groups excluding tert-OH is 1. The molecule has 5 N–H and O–H groups in total. The molecule has 0 saturated heterocycles. The first-order valence-corrected chi connectivity index (χ1v) is 4.40. The van der Waals surface area contributed by atoms with Gasteiger partial charge >= 0.3 is 0 Å². The molecule has 0 aliphatic rings. The van der Waals surface area contributed by atoms with Crippen LogP contribution in [-0.4, -0.2) is 33.9 Å². The first-order valence-electron chi connectivity index (χ1n) is 4.40. The summed E-state index contributed by atoms with van der Waals surface area (Å²) in [5, 5.41) is 17.6. The first kappa shape index (κ1) is 10.5. The first-order chi connectivity index (χ1) is 6.67. The second-order valence-corrected chi connectivity index (χ2v) is 2.97. The minimum atomic E-state index is -0.310. The standard InChI is InChI=1S/C8H14N4O2/c1-2-5(4-13)10-8(14)6-3-7(9)12-11-6/h3,5,13H,2,4H2,1H3,(H,10,14)(H3,9,11,12)/t5-/m0/s1. The van der Waals surface area contributed by atoms with Gasteiger partial charge in [0.2, 0.25) is 0 Å². The molecule has 1 atom stereocenters. The highest BCUT2D eigenvalue weighted by molar-refractivity contribution is 5.93. The van der Waals surface area contributed by atoms with Crippen molar-refractivity contribution in [3.05, 3.63) is 11.8 Å². The minimum Gasteiger partial charge on any atom is -0.394 e. The number of H-pyrrole nitrogens is 1. The molecule has 78 valence electrons. The minimum absolute atomic E-state index is 0.0775. The van der Waals surface area contributed by atoms with Gasteiger partial charge in [-0.1, -0.05) is 6.92 Å². The maximum absolute atomic E-state index is 11.4. The van der Waals surface area contributed by atoms with E-state index in [2.05, 4.69) is 15.5 Å². The molecule has 1 aromatic rings. The quantitative estimate of drug-likeness (QED) is 0.523. The van der Waals surface area contributed by atoms with Crippen LogP contribution in [-0.2, 0) is 0 Å². The van der Waals surface area contributed by atoms with E-state index in [1.54, 1.807) is 0 Å². The van der Waals surface area contributed by atoms with Gasteiger partial charge < -0.3 is 16.2 Å². The fourth-order valence-corrected chi connectivity index (χ4v) is 0.993. The number of hydrogen-bond donors (Lipinski definition) is 4. The van der Waals surface area contributed by atoms with E-state index in [1.807, 2.05) is 6.92 Å². The van der Waals surface area contributed by atoms with Crippen LogP contribution in [0.2, 0.25) is 0 Å². The van der Waals surface area contributed by atoms with Crippen LogP contribution in [0.25, 0.3) is 0 Å². The predicted octanol–water partition coefficient (Wildman–Crippen LogP) is -0.507. The lowest BCUT2D eigenvalue weighted by Gasteiger charge is -2.12. The van der Waals surface area contributed by atoms with Crippen LogP contribution < -0.4 is 11.1 Å². The van der Waals surface area contributed by atoms with E-state index in [9.17, 15) is 4.79 Å². The van der Waals surface area contributed by atoms with E-state index in [0.29, 0.717) is 12.1 Å². The number of aliphatic hydroxyl groups is 1. The lowest BCUT2D eigenvalue weighted by molar-refractivity contribution is 0.0910. The van der Waals surface area contributed by atoms with Crippen molar-refractivity contribution in [1.82, 2.24) is 15.5 Å². The molecule has 6 heteroatoms. The van der Waals surface area contributed by atoms with E-state index in [4.69, 9.17) is 10.8 Å². The summed E-state index contributed by atoms with van der Waals surface area (Å²) in [5.74, 6) is -0.0395. The van der Waals surface area contributed by atoms with Crippen molar-refractivity contribution in [2.45, 2.75) is 19.4 Å². The highest BCUT2D eigenvalue weighted by atomic mass is 16.3. The second kappa shape index (κ2) is 4.61. The number of nitrogen functional groups attached to an aromatic ring is 1. The highest BCUT2D eigenvalue weighted by Gasteiger charge is 2.12. The molecule has 1 amide bonds. The van der Waals surface area contributed by atoms with Crippen LogP contribution in [0.3, 0.4) is 0 Å². The van der Waals surface area contributed by atoms with E-state index in [0.717, 1.165) is 0 Å². The van der Waals surface area contributed by atoms with Crippen molar-refractivity contribution in [2.75, 3.05) is 12.3 Å². The molecule has 0 aliphatic heterocycles. The molecule has 0 radical (unpaired) electrons. The Balaban J connectivity index is 2.58. The molecular formula is C8H14N4O2. The van der Waals surface area contributed by atoms with Gasteiger partial charge in [0.1, 0.15) is 11.5 Å². The third-order valence-corrected chi connectivity index (χ3v) is 1.89. The summed E-state index contributed by atoms with van der Waals surface area (Å²) >= 11 is 0. The molecule has 0 bridgehead atoms. The van der Waals surface area contributed by atoms with Crippen LogP contribution in [0.4, 0.5) is 5.82 Å². The Morgan fingerprint density at radius 3 is 3.00 bits per heavy atom. The Bertz CT molecular complexity index is 306. The number of nitrogens with two attached hydrogens (primary N) is 1. The number of carbonyl (C=O) groups is 1. The number of carbonyl (C=O) groups excluding carboxylic acids is 1. The molecule has 0 fully saturated rings. The molecule has 0 unspecified atom stereocenters. The Hall–Kier alpha value is -1.56. The maximum atomic E-state index is 11.4. The number of nitrogens with zero attached hydrogens (tertiary/aromatic N) is 1. The third-order valence-electron chi connectivity index (χ3n) is 1.89. The number of rotatable bonds is 4. The molecule has 14 heavy (non-hydrogen) atoms. The lowest BCUT2D eigenvalue weighted by Crippen LogP contribution is -2.37. The van der Waals surface area contributed by atoms with Gasteiger partial charge in [-0.25, -0.2) is 0 Å². The smallest absolute Gasteiger partial charge is 0.269 e. The summed E-state index contributed by atoms with van der Waals surface area (Å²) < 4.78 is 0. The SMILES string of the molecule is CC[C@@H](CO)NC(=O)c1cc(N)n[nH]1. The van der Waals surface area contributed by atoms with Gasteiger partial charge in [0.05, 0.1) is 12.6 Å². The Morgan fingerprint density at radius 1 is 1.86 bits per heavy atom. The molecule has 6 nitrogen and oxygen atoms in total. The Kier molecular flexibility index (Phi) is 3.47. The van der Waals surface area contributed by atoms with E-state index < -0.39 is 0 Å². The number of nitrogens with one attached hydrogen (secondary N) is 2. The van der Waals surface area contributed by atoms with Gasteiger partial charge in [0, 0.05) is 6.07 Å². The van der Waals surface area contributed by atoms with Gasteiger partial charge in [0.25, 0.3) is 5.91 Å². The summed E-state index contributed by atoms with van der Waals surface area (Å²) in [5.41, 5.74) is 5.64. The Labute approximate surface area is 81.5 Å². The molecular weight excluding hydrogens is 184 g/mol. The highest BCUT2D eigenvalue weighted by Crippen LogP contribution is 2.01. The summed E-state index contributed by atoms with van der Waals surface area (Å²) in [7, 11) is 0. The molecule has 1 heterocycles. The third kappa shape index (κ3) is 2.46. The number of anilines is 1. The molecule has 1 aromatic heterocycles. The number of aromatic nitrogens is 2. The van der Waals surface area contributed by atoms with Gasteiger partial charge in [-0.05, 0) is 6.42 Å². The van der Waals surface area contributed by atoms with Crippen LogP contribution in [0.15, 0.2) is 6.07 Å². The second-order valence-electron chi connectivity index (χ2n) is 2.97. The maximum Gasteiger partial charge on any atom is 0.269 e. The summed E-state index contributed by atoms with van der Waals surface area (Å²) in [6, 6.07) is 1.21. The normalized spacial score (nSPS) is 12.4. The lowest BCUT2D eigenvalue weighted by atomic mass is 10.2. The number of aromatic amines is 1. The van der Waals surface area contributed by atoms with Gasteiger partial charge in [-0.15, -0.1) is 0 Å². The van der Waals surface area contributed by atoms with Crippen LogP contribution in [0.1, 0.15) is 23.8 Å². The molecule has 0 spiro atoms. The summed E-state index contributed by atoms with van der Waals surface area (Å²) in [6.07, 6.45) is 0.672. The molecule has 1 rings (SSSR count). The zero-order valence-corrected chi connectivity index (χ0v) is 7.95. The number of hydrogen-bond acceptors (Lipinski definition) is 4. The monoisotopic (exact) mass is 198 g/mol. The van der Waals surface area contributed by atoms with E-state index in [-0.39, 0.29) is 24.4 Å². The van der Waals surface area contributed by atoms with Gasteiger partial charge in [-0.2, -0.15) is 5.10 Å². The topological polar surface area (TPSA) is 104 Å². The van der Waals surface area contributed by atoms with Crippen molar-refractivity contribution in [2.24, 2.45) is 0 Å².